The normalized spacial score (nSPS) is 13.8. The topological polar surface area (TPSA) is 49.4 Å². The maximum Gasteiger partial charge on any atom is 0.278 e. The van der Waals surface area contributed by atoms with E-state index >= 15 is 0 Å². The molecule has 4 rings (SSSR count). The molecule has 3 aromatic carbocycles. The molecular formula is C28H28N2O2. The monoisotopic (exact) mass is 424 g/mol. The molecule has 0 saturated heterocycles. The van der Waals surface area contributed by atoms with Crippen molar-refractivity contribution in [2.24, 2.45) is 0 Å². The summed E-state index contributed by atoms with van der Waals surface area (Å²) in [5.41, 5.74) is 7.80. The smallest absolute Gasteiger partial charge is 0.278 e. The summed E-state index contributed by atoms with van der Waals surface area (Å²) in [7, 11) is 0. The molecule has 0 unspecified atom stereocenters. The van der Waals surface area contributed by atoms with Gasteiger partial charge in [0, 0.05) is 5.69 Å². The minimum atomic E-state index is -0.302. The van der Waals surface area contributed by atoms with Gasteiger partial charge in [0.15, 0.2) is 0 Å². The van der Waals surface area contributed by atoms with Gasteiger partial charge < -0.3 is 5.32 Å². The van der Waals surface area contributed by atoms with Crippen LogP contribution >= 0.6 is 0 Å². The lowest BCUT2D eigenvalue weighted by Crippen LogP contribution is -2.32. The van der Waals surface area contributed by atoms with Crippen molar-refractivity contribution in [3.8, 4) is 0 Å². The molecule has 2 amide bonds. The summed E-state index contributed by atoms with van der Waals surface area (Å²) in [5.74, 6) is -0.574. The van der Waals surface area contributed by atoms with Crippen molar-refractivity contribution in [3.63, 3.8) is 0 Å². The average Bonchev–Trinajstić information content (AvgIpc) is 3.02. The van der Waals surface area contributed by atoms with Gasteiger partial charge in [0.05, 0.1) is 12.1 Å². The van der Waals surface area contributed by atoms with Gasteiger partial charge in [0.2, 0.25) is 0 Å². The predicted molar refractivity (Wildman–Crippen MR) is 129 cm³/mol. The highest BCUT2D eigenvalue weighted by atomic mass is 16.2. The van der Waals surface area contributed by atoms with Crippen LogP contribution in [0.5, 0.6) is 0 Å². The van der Waals surface area contributed by atoms with Crippen LogP contribution in [0.2, 0.25) is 0 Å². The lowest BCUT2D eigenvalue weighted by molar-refractivity contribution is -0.137. The van der Waals surface area contributed by atoms with Gasteiger partial charge in [-0.2, -0.15) is 0 Å². The van der Waals surface area contributed by atoms with Gasteiger partial charge in [-0.05, 0) is 67.1 Å². The molecule has 0 saturated carbocycles. The Hall–Kier alpha value is -3.66. The summed E-state index contributed by atoms with van der Waals surface area (Å²) in [5, 5.41) is 3.25. The highest BCUT2D eigenvalue weighted by molar-refractivity contribution is 6.36. The fraction of sp³-hybridized carbons (Fsp3) is 0.214. The Morgan fingerprint density at radius 1 is 0.750 bits per heavy atom. The molecule has 0 fully saturated rings. The molecule has 1 heterocycles. The quantitative estimate of drug-likeness (QED) is 0.527. The van der Waals surface area contributed by atoms with Gasteiger partial charge in [0.25, 0.3) is 11.8 Å². The van der Waals surface area contributed by atoms with Crippen molar-refractivity contribution in [3.05, 3.63) is 106 Å². The van der Waals surface area contributed by atoms with E-state index in [1.165, 1.54) is 10.5 Å². The van der Waals surface area contributed by atoms with Gasteiger partial charge in [-0.15, -0.1) is 0 Å². The standard InChI is InChI=1S/C28H28N2O2/c1-5-21-11-14-24(15-12-21)29-26-25(23-13-8-19(3)20(4)16-23)27(31)30(28(26)32)17-22-9-6-18(2)7-10-22/h6-16,29H,5,17H2,1-4H3. The average molecular weight is 425 g/mol. The van der Waals surface area contributed by atoms with E-state index in [-0.39, 0.29) is 18.4 Å². The second-order valence-corrected chi connectivity index (χ2v) is 8.41. The zero-order valence-electron chi connectivity index (χ0n) is 19.0. The van der Waals surface area contributed by atoms with Crippen LogP contribution in [0, 0.1) is 20.8 Å². The molecule has 1 aliphatic rings. The SMILES string of the molecule is CCc1ccc(NC2=C(c3ccc(C)c(C)c3)C(=O)N(Cc3ccc(C)cc3)C2=O)cc1. The van der Waals surface area contributed by atoms with E-state index in [1.807, 2.05) is 87.5 Å². The number of aryl methyl sites for hydroxylation is 4. The van der Waals surface area contributed by atoms with Crippen LogP contribution in [0.4, 0.5) is 5.69 Å². The van der Waals surface area contributed by atoms with Crippen LogP contribution < -0.4 is 5.32 Å². The maximum atomic E-state index is 13.5. The summed E-state index contributed by atoms with van der Waals surface area (Å²) in [4.78, 5) is 28.3. The molecule has 0 atom stereocenters. The second-order valence-electron chi connectivity index (χ2n) is 8.41. The van der Waals surface area contributed by atoms with Gasteiger partial charge >= 0.3 is 0 Å². The molecule has 3 aromatic rings. The molecule has 0 aliphatic carbocycles. The molecule has 1 aliphatic heterocycles. The van der Waals surface area contributed by atoms with Gasteiger partial charge in [-0.1, -0.05) is 67.1 Å². The van der Waals surface area contributed by atoms with Crippen molar-refractivity contribution in [1.29, 1.82) is 0 Å². The van der Waals surface area contributed by atoms with Gasteiger partial charge in [0.1, 0.15) is 5.70 Å². The molecule has 0 radical (unpaired) electrons. The van der Waals surface area contributed by atoms with Gasteiger partial charge in [-0.25, -0.2) is 0 Å². The first-order chi connectivity index (χ1) is 15.4. The summed E-state index contributed by atoms with van der Waals surface area (Å²) in [6, 6.07) is 21.8. The number of rotatable bonds is 6. The number of amides is 2. The molecule has 0 aromatic heterocycles. The van der Waals surface area contributed by atoms with E-state index < -0.39 is 0 Å². The first-order valence-electron chi connectivity index (χ1n) is 11.0. The van der Waals surface area contributed by atoms with Crippen LogP contribution in [0.25, 0.3) is 5.57 Å². The number of benzene rings is 3. The maximum absolute atomic E-state index is 13.5. The van der Waals surface area contributed by atoms with E-state index in [4.69, 9.17) is 0 Å². The molecule has 4 nitrogen and oxygen atoms in total. The Balaban J connectivity index is 1.73. The Kier molecular flexibility index (Phi) is 5.95. The summed E-state index contributed by atoms with van der Waals surface area (Å²) < 4.78 is 0. The first kappa shape index (κ1) is 21.6. The zero-order chi connectivity index (χ0) is 22.8. The third-order valence-corrected chi connectivity index (χ3v) is 6.06. The Morgan fingerprint density at radius 2 is 1.41 bits per heavy atom. The summed E-state index contributed by atoms with van der Waals surface area (Å²) in [6.07, 6.45) is 0.943. The zero-order valence-corrected chi connectivity index (χ0v) is 19.0. The Labute approximate surface area is 189 Å². The van der Waals surface area contributed by atoms with Crippen LogP contribution in [0.15, 0.2) is 72.4 Å². The number of hydrogen-bond donors (Lipinski definition) is 1. The number of nitrogens with one attached hydrogen (secondary N) is 1. The highest BCUT2D eigenvalue weighted by Gasteiger charge is 2.39. The molecule has 0 spiro atoms. The molecule has 4 heteroatoms. The molecule has 0 bridgehead atoms. The fourth-order valence-corrected chi connectivity index (χ4v) is 3.84. The van der Waals surface area contributed by atoms with Crippen molar-refractivity contribution in [2.45, 2.75) is 40.7 Å². The largest absolute Gasteiger partial charge is 0.350 e. The molecular weight excluding hydrogens is 396 g/mol. The third-order valence-electron chi connectivity index (χ3n) is 6.06. The fourth-order valence-electron chi connectivity index (χ4n) is 3.84. The number of imide groups is 1. The highest BCUT2D eigenvalue weighted by Crippen LogP contribution is 2.32. The summed E-state index contributed by atoms with van der Waals surface area (Å²) >= 11 is 0. The van der Waals surface area contributed by atoms with Crippen molar-refractivity contribution < 1.29 is 9.59 Å². The first-order valence-corrected chi connectivity index (χ1v) is 11.0. The van der Waals surface area contributed by atoms with E-state index in [9.17, 15) is 9.59 Å². The lowest BCUT2D eigenvalue weighted by atomic mass is 9.99. The second kappa shape index (κ2) is 8.83. The molecule has 1 N–H and O–H groups in total. The third kappa shape index (κ3) is 4.22. The lowest BCUT2D eigenvalue weighted by Gasteiger charge is -2.16. The van der Waals surface area contributed by atoms with Crippen LogP contribution in [-0.2, 0) is 22.6 Å². The van der Waals surface area contributed by atoms with E-state index in [0.717, 1.165) is 39.9 Å². The predicted octanol–water partition coefficient (Wildman–Crippen LogP) is 5.57. The Bertz CT molecular complexity index is 1210. The molecule has 32 heavy (non-hydrogen) atoms. The number of carbonyl (C=O) groups excluding carboxylic acids is 2. The number of nitrogens with zero attached hydrogens (tertiary/aromatic N) is 1. The summed E-state index contributed by atoms with van der Waals surface area (Å²) in [6.45, 7) is 8.41. The van der Waals surface area contributed by atoms with Crippen LogP contribution in [0.1, 0.15) is 40.3 Å². The minimum Gasteiger partial charge on any atom is -0.350 e. The van der Waals surface area contributed by atoms with Crippen LogP contribution in [-0.4, -0.2) is 16.7 Å². The minimum absolute atomic E-state index is 0.242. The number of carbonyl (C=O) groups is 2. The number of anilines is 1. The Morgan fingerprint density at radius 3 is 2.03 bits per heavy atom. The van der Waals surface area contributed by atoms with Crippen molar-refractivity contribution in [1.82, 2.24) is 4.90 Å². The van der Waals surface area contributed by atoms with Crippen LogP contribution in [0.3, 0.4) is 0 Å². The van der Waals surface area contributed by atoms with Crippen molar-refractivity contribution in [2.75, 3.05) is 5.32 Å². The van der Waals surface area contributed by atoms with E-state index in [2.05, 4.69) is 12.2 Å². The molecule has 162 valence electrons. The van der Waals surface area contributed by atoms with Gasteiger partial charge in [-0.3, -0.25) is 14.5 Å². The van der Waals surface area contributed by atoms with Crippen molar-refractivity contribution >= 4 is 23.1 Å². The number of hydrogen-bond acceptors (Lipinski definition) is 3. The van der Waals surface area contributed by atoms with E-state index in [1.54, 1.807) is 0 Å². The van der Waals surface area contributed by atoms with E-state index in [0.29, 0.717) is 11.3 Å².